The Morgan fingerprint density at radius 1 is 1.48 bits per heavy atom. The molecule has 0 bridgehead atoms. The minimum Gasteiger partial charge on any atom is -0.494 e. The van der Waals surface area contributed by atoms with Crippen molar-refractivity contribution < 1.29 is 9.53 Å². The summed E-state index contributed by atoms with van der Waals surface area (Å²) in [7, 11) is 0. The van der Waals surface area contributed by atoms with Gasteiger partial charge in [0, 0.05) is 22.0 Å². The first kappa shape index (κ1) is 16.5. The zero-order valence-electron chi connectivity index (χ0n) is 11.6. The van der Waals surface area contributed by atoms with Crippen LogP contribution in [0.5, 0.6) is 5.75 Å². The van der Waals surface area contributed by atoms with Crippen LogP contribution < -0.4 is 4.74 Å². The standard InChI is InChI=1S/C15H15BrClNO2S/c1-10-9-18-15(21-10)7-11(19)3-2-6-20-12-4-5-13(16)14(17)8-12/h4-5,8-9H,2-3,6-7H2,1H3. The van der Waals surface area contributed by atoms with Gasteiger partial charge in [0.1, 0.15) is 16.5 Å². The minimum absolute atomic E-state index is 0.196. The molecule has 0 spiro atoms. The summed E-state index contributed by atoms with van der Waals surface area (Å²) in [6.45, 7) is 2.49. The second-order valence-corrected chi connectivity index (χ2v) is 7.19. The molecule has 0 radical (unpaired) electrons. The van der Waals surface area contributed by atoms with Crippen molar-refractivity contribution in [1.82, 2.24) is 4.98 Å². The van der Waals surface area contributed by atoms with Gasteiger partial charge in [-0.05, 0) is 47.5 Å². The van der Waals surface area contributed by atoms with E-state index in [9.17, 15) is 4.79 Å². The maximum atomic E-state index is 11.8. The summed E-state index contributed by atoms with van der Waals surface area (Å²) >= 11 is 10.9. The number of carbonyl (C=O) groups excluding carboxylic acids is 1. The third-order valence-electron chi connectivity index (χ3n) is 2.78. The summed E-state index contributed by atoms with van der Waals surface area (Å²) in [5, 5.41) is 1.50. The number of hydrogen-bond acceptors (Lipinski definition) is 4. The molecule has 0 saturated heterocycles. The molecule has 1 aromatic carbocycles. The number of halogens is 2. The Bertz CT molecular complexity index is 630. The number of hydrogen-bond donors (Lipinski definition) is 0. The summed E-state index contributed by atoms with van der Waals surface area (Å²) in [6, 6.07) is 5.44. The average molecular weight is 389 g/mol. The molecule has 2 rings (SSSR count). The van der Waals surface area contributed by atoms with Crippen LogP contribution in [-0.2, 0) is 11.2 Å². The Hall–Kier alpha value is -0.910. The number of ether oxygens (including phenoxy) is 1. The Morgan fingerprint density at radius 2 is 2.29 bits per heavy atom. The van der Waals surface area contributed by atoms with Crippen LogP contribution in [0.2, 0.25) is 5.02 Å². The van der Waals surface area contributed by atoms with Crippen molar-refractivity contribution >= 4 is 44.7 Å². The smallest absolute Gasteiger partial charge is 0.139 e. The number of aryl methyl sites for hydroxylation is 1. The minimum atomic E-state index is 0.196. The molecular weight excluding hydrogens is 374 g/mol. The second-order valence-electron chi connectivity index (χ2n) is 4.61. The lowest BCUT2D eigenvalue weighted by atomic mass is 10.2. The molecule has 1 heterocycles. The van der Waals surface area contributed by atoms with Gasteiger partial charge in [0.25, 0.3) is 0 Å². The first-order chi connectivity index (χ1) is 10.0. The number of thiazole rings is 1. The van der Waals surface area contributed by atoms with E-state index in [2.05, 4.69) is 20.9 Å². The molecular formula is C15H15BrClNO2S. The Kier molecular flexibility index (Phi) is 6.21. The van der Waals surface area contributed by atoms with E-state index in [1.165, 1.54) is 0 Å². The number of Topliss-reactive ketones (excluding diaryl/α,β-unsaturated/α-hetero) is 1. The van der Waals surface area contributed by atoms with Crippen LogP contribution in [0.25, 0.3) is 0 Å². The van der Waals surface area contributed by atoms with Crippen LogP contribution in [0.3, 0.4) is 0 Å². The third kappa shape index (κ3) is 5.41. The first-order valence-electron chi connectivity index (χ1n) is 6.55. The van der Waals surface area contributed by atoms with E-state index >= 15 is 0 Å². The van der Waals surface area contributed by atoms with E-state index in [0.29, 0.717) is 36.6 Å². The summed E-state index contributed by atoms with van der Waals surface area (Å²) in [4.78, 5) is 17.1. The molecule has 0 aliphatic carbocycles. The predicted molar refractivity (Wildman–Crippen MR) is 89.4 cm³/mol. The first-order valence-corrected chi connectivity index (χ1v) is 8.54. The van der Waals surface area contributed by atoms with Gasteiger partial charge in [0.15, 0.2) is 0 Å². The third-order valence-corrected chi connectivity index (χ3v) is 4.92. The second kappa shape index (κ2) is 7.92. The Morgan fingerprint density at radius 3 is 2.95 bits per heavy atom. The van der Waals surface area contributed by atoms with Gasteiger partial charge in [-0.1, -0.05) is 11.6 Å². The molecule has 6 heteroatoms. The number of aromatic nitrogens is 1. The molecule has 21 heavy (non-hydrogen) atoms. The van der Waals surface area contributed by atoms with Crippen LogP contribution in [0.15, 0.2) is 28.9 Å². The fraction of sp³-hybridized carbons (Fsp3) is 0.333. The van der Waals surface area contributed by atoms with Crippen LogP contribution in [-0.4, -0.2) is 17.4 Å². The molecule has 0 N–H and O–H groups in total. The monoisotopic (exact) mass is 387 g/mol. The van der Waals surface area contributed by atoms with Crippen LogP contribution in [0, 0.1) is 6.92 Å². The molecule has 0 fully saturated rings. The molecule has 3 nitrogen and oxygen atoms in total. The van der Waals surface area contributed by atoms with Crippen molar-refractivity contribution in [3.05, 3.63) is 43.8 Å². The Balaban J connectivity index is 1.69. The largest absolute Gasteiger partial charge is 0.494 e. The van der Waals surface area contributed by atoms with Crippen molar-refractivity contribution in [2.24, 2.45) is 0 Å². The summed E-state index contributed by atoms with van der Waals surface area (Å²) < 4.78 is 6.41. The van der Waals surface area contributed by atoms with Gasteiger partial charge < -0.3 is 4.74 Å². The zero-order chi connectivity index (χ0) is 15.2. The Labute approximate surface area is 141 Å². The van der Waals surface area contributed by atoms with E-state index in [1.54, 1.807) is 23.6 Å². The number of rotatable bonds is 7. The highest BCUT2D eigenvalue weighted by molar-refractivity contribution is 9.10. The summed E-state index contributed by atoms with van der Waals surface area (Å²) in [6.07, 6.45) is 3.41. The molecule has 2 aromatic rings. The normalized spacial score (nSPS) is 10.6. The number of ketones is 1. The number of benzene rings is 1. The van der Waals surface area contributed by atoms with Crippen molar-refractivity contribution in [3.63, 3.8) is 0 Å². The quantitative estimate of drug-likeness (QED) is 0.637. The highest BCUT2D eigenvalue weighted by Crippen LogP contribution is 2.26. The average Bonchev–Trinajstić information content (AvgIpc) is 2.84. The highest BCUT2D eigenvalue weighted by atomic mass is 79.9. The van der Waals surface area contributed by atoms with Gasteiger partial charge in [0.05, 0.1) is 18.1 Å². The lowest BCUT2D eigenvalue weighted by Gasteiger charge is -2.06. The molecule has 0 amide bonds. The lowest BCUT2D eigenvalue weighted by Crippen LogP contribution is -2.05. The fourth-order valence-electron chi connectivity index (χ4n) is 1.77. The van der Waals surface area contributed by atoms with Crippen LogP contribution in [0.1, 0.15) is 22.7 Å². The highest BCUT2D eigenvalue weighted by Gasteiger charge is 2.07. The topological polar surface area (TPSA) is 39.2 Å². The van der Waals surface area contributed by atoms with Crippen molar-refractivity contribution in [2.75, 3.05) is 6.61 Å². The zero-order valence-corrected chi connectivity index (χ0v) is 14.7. The van der Waals surface area contributed by atoms with Gasteiger partial charge in [-0.3, -0.25) is 4.79 Å². The van der Waals surface area contributed by atoms with E-state index in [-0.39, 0.29) is 5.78 Å². The van der Waals surface area contributed by atoms with Crippen molar-refractivity contribution in [3.8, 4) is 5.75 Å². The maximum absolute atomic E-state index is 11.8. The van der Waals surface area contributed by atoms with Gasteiger partial charge in [-0.2, -0.15) is 0 Å². The summed E-state index contributed by atoms with van der Waals surface area (Å²) in [5.41, 5.74) is 0. The number of nitrogens with zero attached hydrogens (tertiary/aromatic N) is 1. The molecule has 112 valence electrons. The van der Waals surface area contributed by atoms with Gasteiger partial charge in [-0.15, -0.1) is 11.3 Å². The van der Waals surface area contributed by atoms with E-state index in [4.69, 9.17) is 16.3 Å². The summed E-state index contributed by atoms with van der Waals surface area (Å²) in [5.74, 6) is 0.910. The van der Waals surface area contributed by atoms with E-state index in [1.807, 2.05) is 19.1 Å². The van der Waals surface area contributed by atoms with Crippen molar-refractivity contribution in [1.29, 1.82) is 0 Å². The molecule has 0 saturated carbocycles. The van der Waals surface area contributed by atoms with Crippen molar-refractivity contribution in [2.45, 2.75) is 26.2 Å². The molecule has 0 aliphatic rings. The van der Waals surface area contributed by atoms with Gasteiger partial charge in [0.2, 0.25) is 0 Å². The molecule has 1 aromatic heterocycles. The van der Waals surface area contributed by atoms with Crippen LogP contribution in [0.4, 0.5) is 0 Å². The SMILES string of the molecule is Cc1cnc(CC(=O)CCCOc2ccc(Br)c(Cl)c2)s1. The fourth-order valence-corrected chi connectivity index (χ4v) is 3.00. The van der Waals surface area contributed by atoms with E-state index in [0.717, 1.165) is 14.4 Å². The number of carbonyl (C=O) groups is 1. The predicted octanol–water partition coefficient (Wildman–Crippen LogP) is 4.84. The maximum Gasteiger partial charge on any atom is 0.139 e. The molecule has 0 unspecified atom stereocenters. The lowest BCUT2D eigenvalue weighted by molar-refractivity contribution is -0.118. The molecule has 0 atom stereocenters. The van der Waals surface area contributed by atoms with Gasteiger partial charge in [-0.25, -0.2) is 4.98 Å². The molecule has 0 aliphatic heterocycles. The van der Waals surface area contributed by atoms with Gasteiger partial charge >= 0.3 is 0 Å². The van der Waals surface area contributed by atoms with E-state index < -0.39 is 0 Å². The van der Waals surface area contributed by atoms with Crippen LogP contribution >= 0.6 is 38.9 Å².